The molecule has 1 aromatic rings. The molecule has 1 heterocycles. The number of phenolic OH excluding ortho intramolecular Hbond substituents is 1. The van der Waals surface area contributed by atoms with Crippen molar-refractivity contribution in [2.75, 3.05) is 6.54 Å². The van der Waals surface area contributed by atoms with Gasteiger partial charge in [-0.05, 0) is 37.9 Å². The van der Waals surface area contributed by atoms with Crippen molar-refractivity contribution in [1.82, 2.24) is 5.32 Å². The average Bonchev–Trinajstić information content (AvgIpc) is 2.32. The van der Waals surface area contributed by atoms with E-state index in [0.717, 1.165) is 31.9 Å². The van der Waals surface area contributed by atoms with Gasteiger partial charge in [0.05, 0.1) is 5.56 Å². The first kappa shape index (κ1) is 13.2. The van der Waals surface area contributed by atoms with Crippen LogP contribution in [0.2, 0.25) is 0 Å². The molecule has 0 radical (unpaired) electrons. The van der Waals surface area contributed by atoms with E-state index in [0.29, 0.717) is 0 Å². The number of halogens is 3. The average molecular weight is 259 g/mol. The van der Waals surface area contributed by atoms with Crippen LogP contribution in [0.5, 0.6) is 5.75 Å². The Bertz CT molecular complexity index is 411. The molecule has 1 aromatic carbocycles. The van der Waals surface area contributed by atoms with Crippen LogP contribution in [0.1, 0.15) is 30.4 Å². The summed E-state index contributed by atoms with van der Waals surface area (Å²) in [5.41, 5.74) is -0.723. The normalized spacial score (nSPS) is 20.9. The first-order chi connectivity index (χ1) is 8.48. The number of phenols is 1. The Morgan fingerprint density at radius 3 is 2.67 bits per heavy atom. The fourth-order valence-corrected chi connectivity index (χ4v) is 2.40. The standard InChI is InChI=1S/C13H16F3NO/c14-13(15,16)11-5-3-6-12(18)10(11)8-9-4-1-2-7-17-9/h3,5-6,9,17-18H,1-2,4,7-8H2. The van der Waals surface area contributed by atoms with Gasteiger partial charge in [-0.3, -0.25) is 0 Å². The third kappa shape index (κ3) is 2.96. The maximum absolute atomic E-state index is 12.9. The van der Waals surface area contributed by atoms with E-state index in [-0.39, 0.29) is 23.8 Å². The Balaban J connectivity index is 2.25. The zero-order chi connectivity index (χ0) is 13.2. The molecule has 1 aliphatic heterocycles. The smallest absolute Gasteiger partial charge is 0.416 e. The SMILES string of the molecule is Oc1cccc(C(F)(F)F)c1CC1CCCCN1. The summed E-state index contributed by atoms with van der Waals surface area (Å²) in [6, 6.07) is 3.59. The summed E-state index contributed by atoms with van der Waals surface area (Å²) in [4.78, 5) is 0. The molecule has 5 heteroatoms. The molecule has 1 unspecified atom stereocenters. The summed E-state index contributed by atoms with van der Waals surface area (Å²) >= 11 is 0. The molecule has 1 atom stereocenters. The lowest BCUT2D eigenvalue weighted by Crippen LogP contribution is -2.36. The van der Waals surface area contributed by atoms with Gasteiger partial charge in [0.1, 0.15) is 5.75 Å². The highest BCUT2D eigenvalue weighted by molar-refractivity contribution is 5.41. The Morgan fingerprint density at radius 1 is 1.28 bits per heavy atom. The number of piperidine rings is 1. The largest absolute Gasteiger partial charge is 0.508 e. The Morgan fingerprint density at radius 2 is 2.06 bits per heavy atom. The maximum Gasteiger partial charge on any atom is 0.416 e. The van der Waals surface area contributed by atoms with E-state index < -0.39 is 11.7 Å². The van der Waals surface area contributed by atoms with Gasteiger partial charge in [0.15, 0.2) is 0 Å². The number of aromatic hydroxyl groups is 1. The van der Waals surface area contributed by atoms with Gasteiger partial charge in [-0.15, -0.1) is 0 Å². The van der Waals surface area contributed by atoms with E-state index in [1.165, 1.54) is 12.1 Å². The molecule has 0 bridgehead atoms. The van der Waals surface area contributed by atoms with Crippen molar-refractivity contribution in [2.24, 2.45) is 0 Å². The van der Waals surface area contributed by atoms with Gasteiger partial charge in [0.2, 0.25) is 0 Å². The van der Waals surface area contributed by atoms with Gasteiger partial charge in [-0.2, -0.15) is 13.2 Å². The molecule has 18 heavy (non-hydrogen) atoms. The first-order valence-electron chi connectivity index (χ1n) is 6.10. The van der Waals surface area contributed by atoms with Crippen LogP contribution in [0.3, 0.4) is 0 Å². The first-order valence-corrected chi connectivity index (χ1v) is 6.10. The molecule has 0 spiro atoms. The fraction of sp³-hybridized carbons (Fsp3) is 0.538. The number of alkyl halides is 3. The third-order valence-electron chi connectivity index (χ3n) is 3.32. The monoisotopic (exact) mass is 259 g/mol. The Kier molecular flexibility index (Phi) is 3.80. The van der Waals surface area contributed by atoms with Crippen LogP contribution >= 0.6 is 0 Å². The van der Waals surface area contributed by atoms with Gasteiger partial charge in [-0.1, -0.05) is 12.5 Å². The molecule has 0 aromatic heterocycles. The summed E-state index contributed by atoms with van der Waals surface area (Å²) in [7, 11) is 0. The van der Waals surface area contributed by atoms with E-state index in [9.17, 15) is 18.3 Å². The van der Waals surface area contributed by atoms with Crippen molar-refractivity contribution in [3.8, 4) is 5.75 Å². The lowest BCUT2D eigenvalue weighted by molar-refractivity contribution is -0.138. The molecular formula is C13H16F3NO. The number of hydrogen-bond donors (Lipinski definition) is 2. The van der Waals surface area contributed by atoms with E-state index >= 15 is 0 Å². The highest BCUT2D eigenvalue weighted by atomic mass is 19.4. The van der Waals surface area contributed by atoms with E-state index in [1.54, 1.807) is 0 Å². The van der Waals surface area contributed by atoms with Gasteiger partial charge in [0.25, 0.3) is 0 Å². The van der Waals surface area contributed by atoms with Crippen LogP contribution in [0, 0.1) is 0 Å². The molecule has 2 nitrogen and oxygen atoms in total. The molecule has 1 saturated heterocycles. The zero-order valence-electron chi connectivity index (χ0n) is 9.93. The van der Waals surface area contributed by atoms with Crippen molar-refractivity contribution in [1.29, 1.82) is 0 Å². The predicted molar refractivity (Wildman–Crippen MR) is 62.5 cm³/mol. The lowest BCUT2D eigenvalue weighted by Gasteiger charge is -2.25. The van der Waals surface area contributed by atoms with Crippen molar-refractivity contribution in [3.05, 3.63) is 29.3 Å². The quantitative estimate of drug-likeness (QED) is 0.855. The van der Waals surface area contributed by atoms with Crippen LogP contribution in [-0.4, -0.2) is 17.7 Å². The van der Waals surface area contributed by atoms with Crippen molar-refractivity contribution < 1.29 is 18.3 Å². The van der Waals surface area contributed by atoms with Crippen LogP contribution in [-0.2, 0) is 12.6 Å². The molecule has 0 amide bonds. The molecule has 1 fully saturated rings. The summed E-state index contributed by atoms with van der Waals surface area (Å²) in [5, 5.41) is 12.9. The van der Waals surface area contributed by atoms with Crippen LogP contribution in [0.4, 0.5) is 13.2 Å². The molecule has 0 saturated carbocycles. The van der Waals surface area contributed by atoms with Crippen molar-refractivity contribution in [2.45, 2.75) is 37.9 Å². The fourth-order valence-electron chi connectivity index (χ4n) is 2.40. The third-order valence-corrected chi connectivity index (χ3v) is 3.32. The Hall–Kier alpha value is -1.23. The second-order valence-electron chi connectivity index (χ2n) is 4.65. The predicted octanol–water partition coefficient (Wildman–Crippen LogP) is 3.10. The van der Waals surface area contributed by atoms with Crippen LogP contribution in [0.25, 0.3) is 0 Å². The second-order valence-corrected chi connectivity index (χ2v) is 4.65. The van der Waals surface area contributed by atoms with Gasteiger partial charge in [-0.25, -0.2) is 0 Å². The summed E-state index contributed by atoms with van der Waals surface area (Å²) < 4.78 is 38.6. The van der Waals surface area contributed by atoms with Gasteiger partial charge < -0.3 is 10.4 Å². The van der Waals surface area contributed by atoms with Crippen LogP contribution in [0.15, 0.2) is 18.2 Å². The number of hydrogen-bond acceptors (Lipinski definition) is 2. The molecule has 100 valence electrons. The molecular weight excluding hydrogens is 243 g/mol. The molecule has 2 rings (SSSR count). The van der Waals surface area contributed by atoms with Crippen molar-refractivity contribution in [3.63, 3.8) is 0 Å². The van der Waals surface area contributed by atoms with E-state index in [4.69, 9.17) is 0 Å². The zero-order valence-corrected chi connectivity index (χ0v) is 9.93. The summed E-state index contributed by atoms with van der Waals surface area (Å²) in [5.74, 6) is -0.266. The number of nitrogens with one attached hydrogen (secondary N) is 1. The van der Waals surface area contributed by atoms with Gasteiger partial charge in [0, 0.05) is 11.6 Å². The highest BCUT2D eigenvalue weighted by Crippen LogP contribution is 2.36. The molecule has 1 aliphatic rings. The molecule has 0 aliphatic carbocycles. The minimum atomic E-state index is -4.41. The number of rotatable bonds is 2. The minimum absolute atomic E-state index is 0.00407. The molecule has 2 N–H and O–H groups in total. The lowest BCUT2D eigenvalue weighted by atomic mass is 9.94. The minimum Gasteiger partial charge on any atom is -0.508 e. The Labute approximate surface area is 104 Å². The number of benzene rings is 1. The second kappa shape index (κ2) is 5.18. The maximum atomic E-state index is 12.9. The van der Waals surface area contributed by atoms with E-state index in [1.807, 2.05) is 0 Å². The summed E-state index contributed by atoms with van der Waals surface area (Å²) in [6.45, 7) is 0.833. The van der Waals surface area contributed by atoms with Crippen LogP contribution < -0.4 is 5.32 Å². The van der Waals surface area contributed by atoms with Gasteiger partial charge >= 0.3 is 6.18 Å². The topological polar surface area (TPSA) is 32.3 Å². The highest BCUT2D eigenvalue weighted by Gasteiger charge is 2.34. The van der Waals surface area contributed by atoms with E-state index in [2.05, 4.69) is 5.32 Å². The summed E-state index contributed by atoms with van der Waals surface area (Å²) in [6.07, 6.45) is -1.26. The van der Waals surface area contributed by atoms with Crippen molar-refractivity contribution >= 4 is 0 Å².